The van der Waals surface area contributed by atoms with Gasteiger partial charge in [-0.05, 0) is 18.8 Å². The van der Waals surface area contributed by atoms with Crippen molar-refractivity contribution < 1.29 is 14.7 Å². The zero-order chi connectivity index (χ0) is 13.3. The van der Waals surface area contributed by atoms with Gasteiger partial charge in [0, 0.05) is 19.4 Å². The van der Waals surface area contributed by atoms with Crippen LogP contribution in [0.15, 0.2) is 0 Å². The number of hydrogen-bond acceptors (Lipinski definition) is 2. The van der Waals surface area contributed by atoms with Gasteiger partial charge >= 0.3 is 5.97 Å². The van der Waals surface area contributed by atoms with E-state index in [0.717, 1.165) is 12.8 Å². The summed E-state index contributed by atoms with van der Waals surface area (Å²) in [5, 5.41) is 8.73. The maximum Gasteiger partial charge on any atom is 0.323 e. The van der Waals surface area contributed by atoms with Crippen LogP contribution in [0, 0.1) is 18.3 Å². The van der Waals surface area contributed by atoms with Crippen molar-refractivity contribution in [1.82, 2.24) is 4.90 Å². The van der Waals surface area contributed by atoms with E-state index in [9.17, 15) is 9.59 Å². The van der Waals surface area contributed by atoms with Crippen LogP contribution in [0.3, 0.4) is 0 Å². The Hall–Kier alpha value is -1.50. The van der Waals surface area contributed by atoms with Crippen LogP contribution in [0.25, 0.3) is 0 Å². The smallest absolute Gasteiger partial charge is 0.323 e. The second-order valence-electron chi connectivity index (χ2n) is 4.47. The largest absolute Gasteiger partial charge is 0.480 e. The van der Waals surface area contributed by atoms with Crippen LogP contribution in [0.4, 0.5) is 0 Å². The molecule has 4 heteroatoms. The van der Waals surface area contributed by atoms with E-state index in [1.165, 1.54) is 4.90 Å². The fraction of sp³-hybridized carbons (Fsp3) is 0.692. The summed E-state index contributed by atoms with van der Waals surface area (Å²) in [5.74, 6) is 1.71. The SMILES string of the molecule is C#CCCCCC(=O)N(CC(=O)O)CC(C)C. The van der Waals surface area contributed by atoms with Crippen LogP contribution in [-0.2, 0) is 9.59 Å². The molecular formula is C13H21NO3. The van der Waals surface area contributed by atoms with E-state index in [2.05, 4.69) is 5.92 Å². The van der Waals surface area contributed by atoms with Gasteiger partial charge in [-0.15, -0.1) is 12.3 Å². The predicted octanol–water partition coefficient (Wildman–Crippen LogP) is 1.75. The molecule has 4 nitrogen and oxygen atoms in total. The van der Waals surface area contributed by atoms with Crippen molar-refractivity contribution in [3.05, 3.63) is 0 Å². The molecule has 0 saturated carbocycles. The monoisotopic (exact) mass is 239 g/mol. The molecule has 0 aromatic heterocycles. The summed E-state index contributed by atoms with van der Waals surface area (Å²) in [6, 6.07) is 0. The summed E-state index contributed by atoms with van der Waals surface area (Å²) in [6.07, 6.45) is 7.68. The minimum atomic E-state index is -0.970. The molecule has 0 aliphatic heterocycles. The maximum atomic E-state index is 11.8. The van der Waals surface area contributed by atoms with Gasteiger partial charge in [0.25, 0.3) is 0 Å². The molecule has 0 unspecified atom stereocenters. The third kappa shape index (κ3) is 8.32. The highest BCUT2D eigenvalue weighted by Crippen LogP contribution is 2.06. The Kier molecular flexibility index (Phi) is 7.87. The molecule has 1 N–H and O–H groups in total. The molecule has 0 heterocycles. The Bertz CT molecular complexity index is 292. The highest BCUT2D eigenvalue weighted by atomic mass is 16.4. The van der Waals surface area contributed by atoms with Crippen molar-refractivity contribution in [2.45, 2.75) is 39.5 Å². The number of hydrogen-bond donors (Lipinski definition) is 1. The van der Waals surface area contributed by atoms with Crippen molar-refractivity contribution in [3.63, 3.8) is 0 Å². The first-order valence-electron chi connectivity index (χ1n) is 5.90. The molecule has 0 aromatic rings. The van der Waals surface area contributed by atoms with Crippen molar-refractivity contribution in [1.29, 1.82) is 0 Å². The molecule has 17 heavy (non-hydrogen) atoms. The Balaban J connectivity index is 4.13. The lowest BCUT2D eigenvalue weighted by Gasteiger charge is -2.22. The normalized spacial score (nSPS) is 10.0. The number of nitrogens with zero attached hydrogens (tertiary/aromatic N) is 1. The van der Waals surface area contributed by atoms with Crippen molar-refractivity contribution in [2.24, 2.45) is 5.92 Å². The van der Waals surface area contributed by atoms with Gasteiger partial charge in [0.05, 0.1) is 0 Å². The average molecular weight is 239 g/mol. The molecule has 0 bridgehead atoms. The quantitative estimate of drug-likeness (QED) is 0.518. The van der Waals surface area contributed by atoms with Crippen LogP contribution < -0.4 is 0 Å². The zero-order valence-corrected chi connectivity index (χ0v) is 10.6. The first kappa shape index (κ1) is 15.5. The van der Waals surface area contributed by atoms with E-state index in [1.54, 1.807) is 0 Å². The van der Waals surface area contributed by atoms with E-state index < -0.39 is 5.97 Å². The van der Waals surface area contributed by atoms with Gasteiger partial charge in [0.1, 0.15) is 6.54 Å². The standard InChI is InChI=1S/C13H21NO3/c1-4-5-6-7-8-12(15)14(9-11(2)3)10-13(16)17/h1,11H,5-10H2,2-3H3,(H,16,17). The summed E-state index contributed by atoms with van der Waals surface area (Å²) in [6.45, 7) is 4.19. The van der Waals surface area contributed by atoms with Gasteiger partial charge in [-0.3, -0.25) is 9.59 Å². The fourth-order valence-corrected chi connectivity index (χ4v) is 1.52. The Morgan fingerprint density at radius 1 is 1.35 bits per heavy atom. The zero-order valence-electron chi connectivity index (χ0n) is 10.6. The number of rotatable bonds is 8. The van der Waals surface area contributed by atoms with Crippen LogP contribution in [0.1, 0.15) is 39.5 Å². The molecule has 0 aliphatic rings. The van der Waals surface area contributed by atoms with Crippen LogP contribution in [-0.4, -0.2) is 35.0 Å². The molecule has 0 atom stereocenters. The summed E-state index contributed by atoms with van der Waals surface area (Å²) in [4.78, 5) is 23.8. The van der Waals surface area contributed by atoms with E-state index in [-0.39, 0.29) is 18.4 Å². The summed E-state index contributed by atoms with van der Waals surface area (Å²) in [7, 11) is 0. The topological polar surface area (TPSA) is 57.6 Å². The molecule has 0 aromatic carbocycles. The first-order valence-corrected chi connectivity index (χ1v) is 5.90. The molecule has 96 valence electrons. The predicted molar refractivity (Wildman–Crippen MR) is 66.4 cm³/mol. The number of unbranched alkanes of at least 4 members (excludes halogenated alkanes) is 2. The minimum absolute atomic E-state index is 0.0990. The van der Waals surface area contributed by atoms with Crippen molar-refractivity contribution in [2.75, 3.05) is 13.1 Å². The molecule has 0 spiro atoms. The lowest BCUT2D eigenvalue weighted by atomic mass is 10.1. The highest BCUT2D eigenvalue weighted by Gasteiger charge is 2.17. The number of carbonyl (C=O) groups is 2. The molecule has 0 saturated heterocycles. The minimum Gasteiger partial charge on any atom is -0.480 e. The van der Waals surface area contributed by atoms with Gasteiger partial charge in [-0.25, -0.2) is 0 Å². The maximum absolute atomic E-state index is 11.8. The van der Waals surface area contributed by atoms with Crippen LogP contribution >= 0.6 is 0 Å². The second-order valence-corrected chi connectivity index (χ2v) is 4.47. The second kappa shape index (κ2) is 8.63. The number of amides is 1. The molecule has 0 aliphatic carbocycles. The van der Waals surface area contributed by atoms with Crippen molar-refractivity contribution >= 4 is 11.9 Å². The Morgan fingerprint density at radius 2 is 2.00 bits per heavy atom. The number of terminal acetylenes is 1. The first-order chi connectivity index (χ1) is 7.97. The van der Waals surface area contributed by atoms with Gasteiger partial charge in [0.2, 0.25) is 5.91 Å². The Labute approximate surface area is 103 Å². The molecule has 0 fully saturated rings. The van der Waals surface area contributed by atoms with Gasteiger partial charge < -0.3 is 10.0 Å². The van der Waals surface area contributed by atoms with E-state index in [0.29, 0.717) is 19.4 Å². The molecule has 1 amide bonds. The molecule has 0 rings (SSSR count). The van der Waals surface area contributed by atoms with E-state index in [4.69, 9.17) is 11.5 Å². The summed E-state index contributed by atoms with van der Waals surface area (Å²) < 4.78 is 0. The average Bonchev–Trinajstić information content (AvgIpc) is 2.22. The molecule has 0 radical (unpaired) electrons. The fourth-order valence-electron chi connectivity index (χ4n) is 1.52. The van der Waals surface area contributed by atoms with Gasteiger partial charge in [-0.1, -0.05) is 13.8 Å². The van der Waals surface area contributed by atoms with E-state index in [1.807, 2.05) is 13.8 Å². The number of carboxylic acid groups (broad SMARTS) is 1. The Morgan fingerprint density at radius 3 is 2.47 bits per heavy atom. The number of aliphatic carboxylic acids is 1. The van der Waals surface area contributed by atoms with E-state index >= 15 is 0 Å². The third-order valence-corrected chi connectivity index (χ3v) is 2.23. The summed E-state index contributed by atoms with van der Waals surface area (Å²) >= 11 is 0. The number of carboxylic acids is 1. The van der Waals surface area contributed by atoms with Crippen molar-refractivity contribution in [3.8, 4) is 12.3 Å². The van der Waals surface area contributed by atoms with Crippen LogP contribution in [0.5, 0.6) is 0 Å². The lowest BCUT2D eigenvalue weighted by molar-refractivity contribution is -0.144. The number of carbonyl (C=O) groups excluding carboxylic acids is 1. The summed E-state index contributed by atoms with van der Waals surface area (Å²) in [5.41, 5.74) is 0. The molecular weight excluding hydrogens is 218 g/mol. The van der Waals surface area contributed by atoms with Gasteiger partial charge in [0.15, 0.2) is 0 Å². The third-order valence-electron chi connectivity index (χ3n) is 2.23. The van der Waals surface area contributed by atoms with Gasteiger partial charge in [-0.2, -0.15) is 0 Å². The lowest BCUT2D eigenvalue weighted by Crippen LogP contribution is -2.38. The highest BCUT2D eigenvalue weighted by molar-refractivity contribution is 5.81. The van der Waals surface area contributed by atoms with Crippen LogP contribution in [0.2, 0.25) is 0 Å².